The molecule has 0 nitrogen and oxygen atoms in total. The summed E-state index contributed by atoms with van der Waals surface area (Å²) in [7, 11) is 0. The summed E-state index contributed by atoms with van der Waals surface area (Å²) in [6.07, 6.45) is 11.8. The van der Waals surface area contributed by atoms with Crippen molar-refractivity contribution in [3.05, 3.63) is 0 Å². The maximum absolute atomic E-state index is 2.37. The van der Waals surface area contributed by atoms with Gasteiger partial charge in [-0.15, -0.1) is 12.4 Å². The molecule has 0 aliphatic carbocycles. The molecule has 0 bridgehead atoms. The van der Waals surface area contributed by atoms with Gasteiger partial charge in [-0.05, 0) is 0 Å². The second kappa shape index (κ2) is 14.5. The molecule has 2 heteroatoms. The Morgan fingerprint density at radius 3 is 0.889 bits per heavy atom. The minimum atomic E-state index is -1.58. The van der Waals surface area contributed by atoms with Gasteiger partial charge in [-0.25, -0.2) is 0 Å². The molecule has 0 heterocycles. The second-order valence-electron chi connectivity index (χ2n) is 5.65. The fourth-order valence-electron chi connectivity index (χ4n) is 2.64. The van der Waals surface area contributed by atoms with Crippen molar-refractivity contribution in [1.29, 1.82) is 0 Å². The van der Waals surface area contributed by atoms with Crippen LogP contribution in [0.2, 0.25) is 17.5 Å². The molecular weight excluding hydrogens is 349 g/mol. The third kappa shape index (κ3) is 9.96. The van der Waals surface area contributed by atoms with Gasteiger partial charge in [0.2, 0.25) is 0 Å². The van der Waals surface area contributed by atoms with Gasteiger partial charge in [-0.2, -0.15) is 0 Å². The quantitative estimate of drug-likeness (QED) is 0.315. The zero-order chi connectivity index (χ0) is 13.0. The summed E-state index contributed by atoms with van der Waals surface area (Å²) in [6, 6.07) is 0. The third-order valence-corrected chi connectivity index (χ3v) is 18.4. The van der Waals surface area contributed by atoms with E-state index in [9.17, 15) is 0 Å². The molecule has 0 N–H and O–H groups in total. The van der Waals surface area contributed by atoms with E-state index < -0.39 is 18.8 Å². The second-order valence-corrected chi connectivity index (χ2v) is 18.4. The van der Waals surface area contributed by atoms with E-state index in [0.29, 0.717) is 0 Å². The molecule has 0 saturated heterocycles. The van der Waals surface area contributed by atoms with Gasteiger partial charge in [0.1, 0.15) is 0 Å². The van der Waals surface area contributed by atoms with Gasteiger partial charge >= 0.3 is 115 Å². The summed E-state index contributed by atoms with van der Waals surface area (Å²) in [4.78, 5) is 0. The first kappa shape index (κ1) is 21.4. The molecule has 0 aromatic rings. The number of hydrogen-bond donors (Lipinski definition) is 0. The SMILES string of the molecule is CCC[CH2][Sb]([CH2]CCC)([CH2]CCC)[CH2]CCC.Cl. The molecule has 0 fully saturated rings. The Morgan fingerprint density at radius 2 is 0.722 bits per heavy atom. The summed E-state index contributed by atoms with van der Waals surface area (Å²) in [5, 5.41) is 0. The van der Waals surface area contributed by atoms with Gasteiger partial charge < -0.3 is 0 Å². The average molecular weight is 387 g/mol. The number of unbranched alkanes of at least 4 members (excludes halogenated alkanes) is 4. The fourth-order valence-corrected chi connectivity index (χ4v) is 17.7. The number of halogens is 1. The molecule has 0 aromatic carbocycles. The molecule has 0 rings (SSSR count). The summed E-state index contributed by atoms with van der Waals surface area (Å²) in [5.41, 5.74) is 0. The van der Waals surface area contributed by atoms with Gasteiger partial charge in [-0.3, -0.25) is 0 Å². The first-order chi connectivity index (χ1) is 8.24. The first-order valence-corrected chi connectivity index (χ1v) is 15.3. The van der Waals surface area contributed by atoms with Crippen LogP contribution >= 0.6 is 12.4 Å². The van der Waals surface area contributed by atoms with Crippen molar-refractivity contribution in [1.82, 2.24) is 0 Å². The van der Waals surface area contributed by atoms with Crippen LogP contribution in [0.5, 0.6) is 0 Å². The zero-order valence-electron chi connectivity index (χ0n) is 13.3. The van der Waals surface area contributed by atoms with E-state index in [2.05, 4.69) is 27.7 Å². The Morgan fingerprint density at radius 1 is 0.500 bits per heavy atom. The predicted octanol–water partition coefficient (Wildman–Crippen LogP) is 7.06. The van der Waals surface area contributed by atoms with Crippen molar-refractivity contribution in [2.75, 3.05) is 0 Å². The molecule has 0 saturated carbocycles. The van der Waals surface area contributed by atoms with Crippen molar-refractivity contribution >= 4 is 31.2 Å². The van der Waals surface area contributed by atoms with Gasteiger partial charge in [0.25, 0.3) is 0 Å². The van der Waals surface area contributed by atoms with Crippen LogP contribution in [0.15, 0.2) is 0 Å². The minimum Gasteiger partial charge on any atom is -0.147 e. The van der Waals surface area contributed by atoms with E-state index in [1.807, 2.05) is 0 Å². The molecule has 18 heavy (non-hydrogen) atoms. The standard InChI is InChI=1S/4C4H9.ClH.Sb/c4*1-3-4-2;;/h4*1,3-4H2,2H3;1H;. The van der Waals surface area contributed by atoms with Crippen molar-refractivity contribution < 1.29 is 0 Å². The third-order valence-electron chi connectivity index (χ3n) is 3.94. The van der Waals surface area contributed by atoms with E-state index in [4.69, 9.17) is 0 Å². The largest absolute Gasteiger partial charge is 0.147 e. The number of rotatable bonds is 12. The molecule has 0 aromatic heterocycles. The Kier molecular flexibility index (Phi) is 17.3. The molecule has 0 spiro atoms. The van der Waals surface area contributed by atoms with Crippen molar-refractivity contribution in [3.8, 4) is 0 Å². The molecule has 0 aliphatic rings. The van der Waals surface area contributed by atoms with Gasteiger partial charge in [0, 0.05) is 0 Å². The van der Waals surface area contributed by atoms with Crippen LogP contribution in [0, 0.1) is 0 Å². The number of hydrogen-bond acceptors (Lipinski definition) is 0. The van der Waals surface area contributed by atoms with Crippen LogP contribution in [-0.2, 0) is 0 Å². The topological polar surface area (TPSA) is 0 Å². The van der Waals surface area contributed by atoms with Crippen molar-refractivity contribution in [2.24, 2.45) is 0 Å². The summed E-state index contributed by atoms with van der Waals surface area (Å²) in [6.45, 7) is 9.48. The summed E-state index contributed by atoms with van der Waals surface area (Å²) >= 11 is -1.58. The Bertz CT molecular complexity index is 122. The van der Waals surface area contributed by atoms with E-state index >= 15 is 0 Å². The van der Waals surface area contributed by atoms with Crippen LogP contribution in [-0.4, -0.2) is 18.8 Å². The van der Waals surface area contributed by atoms with Crippen molar-refractivity contribution in [3.63, 3.8) is 0 Å². The predicted molar refractivity (Wildman–Crippen MR) is 91.9 cm³/mol. The summed E-state index contributed by atoms with van der Waals surface area (Å²) < 4.78 is 6.76. The van der Waals surface area contributed by atoms with E-state index in [0.717, 1.165) is 0 Å². The molecule has 113 valence electrons. The molecule has 1 radical (unpaired) electrons. The molecular formula is C16H37ClSb. The molecule has 0 atom stereocenters. The summed E-state index contributed by atoms with van der Waals surface area (Å²) in [5.74, 6) is 0. The Labute approximate surface area is 127 Å². The van der Waals surface area contributed by atoms with Crippen molar-refractivity contribution in [2.45, 2.75) is 96.5 Å². The Balaban J connectivity index is 0. The van der Waals surface area contributed by atoms with Crippen LogP contribution in [0.4, 0.5) is 0 Å². The zero-order valence-corrected chi connectivity index (χ0v) is 16.7. The monoisotopic (exact) mass is 385 g/mol. The van der Waals surface area contributed by atoms with E-state index in [1.165, 1.54) is 51.4 Å². The normalized spacial score (nSPS) is 11.3. The average Bonchev–Trinajstić information content (AvgIpc) is 2.37. The van der Waals surface area contributed by atoms with Gasteiger partial charge in [-0.1, -0.05) is 0 Å². The van der Waals surface area contributed by atoms with E-state index in [1.54, 1.807) is 17.5 Å². The van der Waals surface area contributed by atoms with Gasteiger partial charge in [0.05, 0.1) is 0 Å². The van der Waals surface area contributed by atoms with Crippen LogP contribution < -0.4 is 0 Å². The van der Waals surface area contributed by atoms with E-state index in [-0.39, 0.29) is 12.4 Å². The smallest absolute Gasteiger partial charge is 0.147 e. The molecule has 0 unspecified atom stereocenters. The Hall–Kier alpha value is 1.11. The van der Waals surface area contributed by atoms with Gasteiger partial charge in [0.15, 0.2) is 0 Å². The first-order valence-electron chi connectivity index (χ1n) is 8.09. The maximum atomic E-state index is 2.37. The molecule has 0 amide bonds. The molecule has 0 aliphatic heterocycles. The van der Waals surface area contributed by atoms with Crippen LogP contribution in [0.1, 0.15) is 79.1 Å². The van der Waals surface area contributed by atoms with Crippen LogP contribution in [0.3, 0.4) is 0 Å². The maximum Gasteiger partial charge on any atom is -0.147 e. The minimum absolute atomic E-state index is 0. The fraction of sp³-hybridized carbons (Fsp3) is 1.00. The van der Waals surface area contributed by atoms with Crippen LogP contribution in [0.25, 0.3) is 0 Å².